The van der Waals surface area contributed by atoms with Crippen LogP contribution in [0.5, 0.6) is 0 Å². The molecule has 1 rings (SSSR count). The van der Waals surface area contributed by atoms with E-state index in [0.717, 1.165) is 6.54 Å². The molecule has 0 aromatic carbocycles. The van der Waals surface area contributed by atoms with Crippen LogP contribution in [0.3, 0.4) is 0 Å². The molecule has 0 spiro atoms. The molecule has 1 amide bonds. The average molecular weight is 129 g/mol. The Balaban J connectivity index is 2.18. The predicted molar refractivity (Wildman–Crippen MR) is 33.6 cm³/mol. The summed E-state index contributed by atoms with van der Waals surface area (Å²) >= 11 is 0. The summed E-state index contributed by atoms with van der Waals surface area (Å²) in [6.45, 7) is 0.819. The first-order chi connectivity index (χ1) is 4.20. The summed E-state index contributed by atoms with van der Waals surface area (Å²) in [6.07, 6.45) is 0. The lowest BCUT2D eigenvalue weighted by Gasteiger charge is -2.09. The van der Waals surface area contributed by atoms with Crippen molar-refractivity contribution in [1.82, 2.24) is 15.8 Å². The minimum atomic E-state index is 0.0556. The van der Waals surface area contributed by atoms with Crippen LogP contribution in [0.1, 0.15) is 0 Å². The van der Waals surface area contributed by atoms with Gasteiger partial charge < -0.3 is 5.32 Å². The quantitative estimate of drug-likeness (QED) is 0.354. The number of rotatable bonds is 2. The lowest BCUT2D eigenvalue weighted by molar-refractivity contribution is -0.124. The largest absolute Gasteiger partial charge is 0.303 e. The van der Waals surface area contributed by atoms with Crippen LogP contribution >= 0.6 is 0 Å². The molecular weight excluding hydrogens is 118 g/mol. The lowest BCUT2D eigenvalue weighted by atomic mass is 10.5. The number of carbonyl (C=O) groups excluding carboxylic acids is 1. The van der Waals surface area contributed by atoms with E-state index in [4.69, 9.17) is 0 Å². The summed E-state index contributed by atoms with van der Waals surface area (Å²) in [5, 5.41) is 4.54. The molecule has 1 aliphatic rings. The highest BCUT2D eigenvalue weighted by molar-refractivity contribution is 5.84. The van der Waals surface area contributed by atoms with E-state index in [2.05, 4.69) is 10.7 Å². The average Bonchev–Trinajstić information content (AvgIpc) is 2.40. The summed E-state index contributed by atoms with van der Waals surface area (Å²) in [4.78, 5) is 10.8. The van der Waals surface area contributed by atoms with Gasteiger partial charge in [0.1, 0.15) is 6.04 Å². The zero-order valence-corrected chi connectivity index (χ0v) is 5.64. The van der Waals surface area contributed by atoms with Crippen LogP contribution in [0.4, 0.5) is 0 Å². The number of hydrogen-bond acceptors (Lipinski definition) is 3. The van der Waals surface area contributed by atoms with E-state index in [-0.39, 0.29) is 11.9 Å². The van der Waals surface area contributed by atoms with Crippen LogP contribution in [-0.2, 0) is 4.79 Å². The Kier molecular flexibility index (Phi) is 1.68. The molecule has 0 aromatic rings. The fourth-order valence-corrected chi connectivity index (χ4v) is 0.543. The lowest BCUT2D eigenvalue weighted by Crippen LogP contribution is -2.39. The molecule has 1 unspecified atom stereocenters. The van der Waals surface area contributed by atoms with Gasteiger partial charge in [-0.05, 0) is 0 Å². The number of nitrogens with one attached hydrogen (secondary N) is 2. The van der Waals surface area contributed by atoms with Crippen molar-refractivity contribution in [1.29, 1.82) is 0 Å². The van der Waals surface area contributed by atoms with Crippen molar-refractivity contribution < 1.29 is 4.79 Å². The van der Waals surface area contributed by atoms with Gasteiger partial charge in [-0.1, -0.05) is 0 Å². The van der Waals surface area contributed by atoms with E-state index in [1.165, 1.54) is 0 Å². The highest BCUT2D eigenvalue weighted by Crippen LogP contribution is 1.94. The van der Waals surface area contributed by atoms with Crippen molar-refractivity contribution in [2.75, 3.05) is 20.6 Å². The van der Waals surface area contributed by atoms with E-state index in [1.54, 1.807) is 19.1 Å². The molecule has 9 heavy (non-hydrogen) atoms. The molecule has 2 N–H and O–H groups in total. The van der Waals surface area contributed by atoms with E-state index in [0.29, 0.717) is 0 Å². The molecule has 52 valence electrons. The Bertz CT molecular complexity index is 119. The Hall–Kier alpha value is -0.610. The number of amides is 1. The second-order valence-electron chi connectivity index (χ2n) is 2.33. The van der Waals surface area contributed by atoms with Gasteiger partial charge in [-0.15, -0.1) is 0 Å². The van der Waals surface area contributed by atoms with Crippen LogP contribution in [0.2, 0.25) is 0 Å². The van der Waals surface area contributed by atoms with E-state index < -0.39 is 0 Å². The first kappa shape index (κ1) is 6.51. The normalized spacial score (nSPS) is 24.1. The Morgan fingerprint density at radius 1 is 1.78 bits per heavy atom. The molecule has 1 saturated heterocycles. The standard InChI is InChI=1S/C5H11N3O/c1-8(2)7-5(9)4-3-6-4/h4,6H,3H2,1-2H3,(H,7,9). The van der Waals surface area contributed by atoms with Gasteiger partial charge >= 0.3 is 0 Å². The maximum absolute atomic E-state index is 10.8. The first-order valence-corrected chi connectivity index (χ1v) is 2.91. The minimum Gasteiger partial charge on any atom is -0.303 e. The van der Waals surface area contributed by atoms with Gasteiger partial charge in [0.05, 0.1) is 0 Å². The van der Waals surface area contributed by atoms with Crippen molar-refractivity contribution in [2.24, 2.45) is 0 Å². The van der Waals surface area contributed by atoms with Crippen molar-refractivity contribution in [3.8, 4) is 0 Å². The number of hydrazine groups is 1. The predicted octanol–water partition coefficient (Wildman–Crippen LogP) is -1.45. The zero-order chi connectivity index (χ0) is 6.85. The monoisotopic (exact) mass is 129 g/mol. The summed E-state index contributed by atoms with van der Waals surface area (Å²) in [5.41, 5.74) is 2.64. The molecule has 0 bridgehead atoms. The Morgan fingerprint density at radius 3 is 2.67 bits per heavy atom. The number of nitrogens with zero attached hydrogens (tertiary/aromatic N) is 1. The number of hydrogen-bond donors (Lipinski definition) is 2. The van der Waals surface area contributed by atoms with Crippen LogP contribution in [0.25, 0.3) is 0 Å². The van der Waals surface area contributed by atoms with E-state index in [1.807, 2.05) is 0 Å². The van der Waals surface area contributed by atoms with Crippen molar-refractivity contribution in [2.45, 2.75) is 6.04 Å². The molecule has 1 fully saturated rings. The first-order valence-electron chi connectivity index (χ1n) is 2.91. The van der Waals surface area contributed by atoms with E-state index in [9.17, 15) is 4.79 Å². The SMILES string of the molecule is CN(C)NC(=O)C1CN1. The van der Waals surface area contributed by atoms with Crippen LogP contribution < -0.4 is 10.7 Å². The van der Waals surface area contributed by atoms with Crippen molar-refractivity contribution in [3.05, 3.63) is 0 Å². The molecule has 1 aliphatic heterocycles. The Morgan fingerprint density at radius 2 is 2.33 bits per heavy atom. The van der Waals surface area contributed by atoms with E-state index >= 15 is 0 Å². The molecule has 0 aliphatic carbocycles. The molecule has 0 aromatic heterocycles. The van der Waals surface area contributed by atoms with Crippen LogP contribution in [0, 0.1) is 0 Å². The van der Waals surface area contributed by atoms with Gasteiger partial charge in [0.25, 0.3) is 5.91 Å². The fourth-order valence-electron chi connectivity index (χ4n) is 0.543. The molecule has 0 saturated carbocycles. The Labute approximate surface area is 54.2 Å². The van der Waals surface area contributed by atoms with Gasteiger partial charge in [0, 0.05) is 20.6 Å². The van der Waals surface area contributed by atoms with Gasteiger partial charge in [0.15, 0.2) is 0 Å². The van der Waals surface area contributed by atoms with Gasteiger partial charge in [-0.2, -0.15) is 0 Å². The molecule has 1 heterocycles. The maximum atomic E-state index is 10.8. The summed E-state index contributed by atoms with van der Waals surface area (Å²) in [7, 11) is 3.58. The van der Waals surface area contributed by atoms with Crippen molar-refractivity contribution >= 4 is 5.91 Å². The maximum Gasteiger partial charge on any atom is 0.252 e. The summed E-state index contributed by atoms with van der Waals surface area (Å²) in [5.74, 6) is 0.0556. The molecule has 4 nitrogen and oxygen atoms in total. The third-order valence-corrected chi connectivity index (χ3v) is 1.06. The third kappa shape index (κ3) is 1.99. The smallest absolute Gasteiger partial charge is 0.252 e. The second kappa shape index (κ2) is 2.33. The van der Waals surface area contributed by atoms with Crippen molar-refractivity contribution in [3.63, 3.8) is 0 Å². The van der Waals surface area contributed by atoms with Crippen LogP contribution in [-0.4, -0.2) is 37.6 Å². The number of carbonyl (C=O) groups is 1. The summed E-state index contributed by atoms with van der Waals surface area (Å²) in [6, 6.07) is 0.0624. The van der Waals surface area contributed by atoms with Gasteiger partial charge in [-0.3, -0.25) is 10.2 Å². The zero-order valence-electron chi connectivity index (χ0n) is 5.64. The molecule has 4 heteroatoms. The minimum absolute atomic E-state index is 0.0556. The molecule has 0 radical (unpaired) electrons. The highest BCUT2D eigenvalue weighted by Gasteiger charge is 2.28. The molecular formula is C5H11N3O. The molecule has 1 atom stereocenters. The topological polar surface area (TPSA) is 54.3 Å². The van der Waals surface area contributed by atoms with Crippen LogP contribution in [0.15, 0.2) is 0 Å². The fraction of sp³-hybridized carbons (Fsp3) is 0.800. The highest BCUT2D eigenvalue weighted by atomic mass is 16.2. The summed E-state index contributed by atoms with van der Waals surface area (Å²) < 4.78 is 0. The van der Waals surface area contributed by atoms with Gasteiger partial charge in [0.2, 0.25) is 0 Å². The third-order valence-electron chi connectivity index (χ3n) is 1.06. The van der Waals surface area contributed by atoms with Gasteiger partial charge in [-0.25, -0.2) is 5.01 Å². The second-order valence-corrected chi connectivity index (χ2v) is 2.33.